The highest BCUT2D eigenvalue weighted by Crippen LogP contribution is 2.38. The predicted octanol–water partition coefficient (Wildman–Crippen LogP) is 5.77. The topological polar surface area (TPSA) is 67.9 Å². The lowest BCUT2D eigenvalue weighted by Gasteiger charge is -2.30. The highest BCUT2D eigenvalue weighted by atomic mass is 35.5. The van der Waals surface area contributed by atoms with E-state index in [1.807, 2.05) is 30.3 Å². The van der Waals surface area contributed by atoms with E-state index in [9.17, 15) is 9.59 Å². The second-order valence-corrected chi connectivity index (χ2v) is 9.02. The second kappa shape index (κ2) is 10.8. The Bertz CT molecular complexity index is 1130. The SMILES string of the molecule is COC(=O)c1c(NC(=O)c2cccc(Oc3ccccc3)c2)sc2c1CCN(C(C)C)C2.Cl. The molecule has 6 nitrogen and oxygen atoms in total. The maximum atomic E-state index is 13.0. The minimum absolute atomic E-state index is 0. The van der Waals surface area contributed by atoms with Crippen LogP contribution in [-0.4, -0.2) is 36.5 Å². The van der Waals surface area contributed by atoms with Gasteiger partial charge in [0.15, 0.2) is 0 Å². The fraction of sp³-hybridized carbons (Fsp3) is 0.280. The summed E-state index contributed by atoms with van der Waals surface area (Å²) in [5.74, 6) is 0.540. The molecule has 1 amide bonds. The van der Waals surface area contributed by atoms with Crippen LogP contribution in [0.4, 0.5) is 5.00 Å². The highest BCUT2D eigenvalue weighted by molar-refractivity contribution is 7.17. The normalized spacial score (nSPS) is 13.1. The Morgan fingerprint density at radius 1 is 1.06 bits per heavy atom. The Labute approximate surface area is 203 Å². The van der Waals surface area contributed by atoms with Gasteiger partial charge in [0.25, 0.3) is 5.91 Å². The van der Waals surface area contributed by atoms with E-state index in [1.54, 1.807) is 24.3 Å². The van der Waals surface area contributed by atoms with Gasteiger partial charge in [0.05, 0.1) is 12.7 Å². The molecule has 0 radical (unpaired) electrons. The second-order valence-electron chi connectivity index (χ2n) is 7.91. The van der Waals surface area contributed by atoms with Crippen molar-refractivity contribution in [3.05, 3.63) is 76.2 Å². The molecule has 4 rings (SSSR count). The fourth-order valence-corrected chi connectivity index (χ4v) is 5.03. The number of hydrogen-bond donors (Lipinski definition) is 1. The molecule has 1 aliphatic heterocycles. The van der Waals surface area contributed by atoms with E-state index in [1.165, 1.54) is 18.4 Å². The molecule has 1 N–H and O–H groups in total. The lowest BCUT2D eigenvalue weighted by atomic mass is 10.0. The number of halogens is 1. The molecule has 2 heterocycles. The fourth-order valence-electron chi connectivity index (χ4n) is 3.77. The number of amides is 1. The Morgan fingerprint density at radius 2 is 1.79 bits per heavy atom. The molecule has 0 unspecified atom stereocenters. The number of nitrogens with zero attached hydrogens (tertiary/aromatic N) is 1. The number of fused-ring (bicyclic) bond motifs is 1. The predicted molar refractivity (Wildman–Crippen MR) is 133 cm³/mol. The van der Waals surface area contributed by atoms with E-state index >= 15 is 0 Å². The molecule has 0 spiro atoms. The molecule has 33 heavy (non-hydrogen) atoms. The van der Waals surface area contributed by atoms with E-state index in [2.05, 4.69) is 24.1 Å². The average molecular weight is 487 g/mol. The smallest absolute Gasteiger partial charge is 0.341 e. The van der Waals surface area contributed by atoms with Crippen LogP contribution in [0.1, 0.15) is 45.0 Å². The minimum Gasteiger partial charge on any atom is -0.465 e. The summed E-state index contributed by atoms with van der Waals surface area (Å²) < 4.78 is 10.9. The van der Waals surface area contributed by atoms with Crippen LogP contribution < -0.4 is 10.1 Å². The number of methoxy groups -OCH3 is 1. The number of carbonyl (C=O) groups is 2. The van der Waals surface area contributed by atoms with E-state index in [0.717, 1.165) is 30.0 Å². The van der Waals surface area contributed by atoms with Gasteiger partial charge < -0.3 is 14.8 Å². The molecule has 3 aromatic rings. The standard InChI is InChI=1S/C25H26N2O4S.ClH/c1-16(2)27-13-12-20-21(15-27)32-24(22(20)25(29)30-3)26-23(28)17-8-7-11-19(14-17)31-18-9-5-4-6-10-18;/h4-11,14,16H,12-13,15H2,1-3H3,(H,26,28);1H. The van der Waals surface area contributed by atoms with Crippen molar-refractivity contribution in [3.63, 3.8) is 0 Å². The number of hydrogen-bond acceptors (Lipinski definition) is 6. The molecular formula is C25H27ClN2O4S. The molecule has 0 saturated carbocycles. The first-order valence-corrected chi connectivity index (χ1v) is 11.4. The molecule has 1 aliphatic rings. The van der Waals surface area contributed by atoms with Gasteiger partial charge in [-0.1, -0.05) is 24.3 Å². The molecule has 0 atom stereocenters. The summed E-state index contributed by atoms with van der Waals surface area (Å²) in [6, 6.07) is 16.8. The zero-order chi connectivity index (χ0) is 22.7. The van der Waals surface area contributed by atoms with E-state index in [4.69, 9.17) is 9.47 Å². The monoisotopic (exact) mass is 486 g/mol. The quantitative estimate of drug-likeness (QED) is 0.448. The van der Waals surface area contributed by atoms with Crippen molar-refractivity contribution in [1.82, 2.24) is 4.90 Å². The number of anilines is 1. The van der Waals surface area contributed by atoms with Crippen molar-refractivity contribution in [2.75, 3.05) is 19.0 Å². The van der Waals surface area contributed by atoms with Gasteiger partial charge in [0.1, 0.15) is 16.5 Å². The van der Waals surface area contributed by atoms with Gasteiger partial charge in [-0.2, -0.15) is 0 Å². The number of rotatable bonds is 6. The van der Waals surface area contributed by atoms with Gasteiger partial charge in [0.2, 0.25) is 0 Å². The van der Waals surface area contributed by atoms with Crippen molar-refractivity contribution in [1.29, 1.82) is 0 Å². The van der Waals surface area contributed by atoms with Crippen LogP contribution in [0, 0.1) is 0 Å². The number of ether oxygens (including phenoxy) is 2. The number of para-hydroxylation sites is 1. The van der Waals surface area contributed by atoms with Gasteiger partial charge in [0, 0.05) is 29.6 Å². The number of benzene rings is 2. The molecule has 174 valence electrons. The Balaban J connectivity index is 0.00000306. The summed E-state index contributed by atoms with van der Waals surface area (Å²) in [7, 11) is 1.37. The summed E-state index contributed by atoms with van der Waals surface area (Å²) in [6.45, 7) is 5.95. The zero-order valence-electron chi connectivity index (χ0n) is 18.8. The average Bonchev–Trinajstić information content (AvgIpc) is 3.16. The third-order valence-electron chi connectivity index (χ3n) is 5.51. The Hall–Kier alpha value is -2.87. The Morgan fingerprint density at radius 3 is 2.48 bits per heavy atom. The van der Waals surface area contributed by atoms with Crippen LogP contribution in [-0.2, 0) is 17.7 Å². The van der Waals surface area contributed by atoms with Crippen LogP contribution in [0.25, 0.3) is 0 Å². The lowest BCUT2D eigenvalue weighted by molar-refractivity contribution is 0.0600. The number of thiophene rings is 1. The highest BCUT2D eigenvalue weighted by Gasteiger charge is 2.30. The molecule has 0 saturated heterocycles. The first kappa shape index (κ1) is 24.8. The van der Waals surface area contributed by atoms with Gasteiger partial charge >= 0.3 is 5.97 Å². The van der Waals surface area contributed by atoms with Crippen LogP contribution in [0.15, 0.2) is 54.6 Å². The lowest BCUT2D eigenvalue weighted by Crippen LogP contribution is -2.35. The van der Waals surface area contributed by atoms with Crippen LogP contribution >= 0.6 is 23.7 Å². The molecular weight excluding hydrogens is 460 g/mol. The zero-order valence-corrected chi connectivity index (χ0v) is 20.4. The van der Waals surface area contributed by atoms with Crippen molar-refractivity contribution >= 4 is 40.6 Å². The third-order valence-corrected chi connectivity index (χ3v) is 6.64. The van der Waals surface area contributed by atoms with E-state index in [-0.39, 0.29) is 18.3 Å². The summed E-state index contributed by atoms with van der Waals surface area (Å²) in [5, 5.41) is 3.47. The maximum absolute atomic E-state index is 13.0. The van der Waals surface area contributed by atoms with E-state index in [0.29, 0.717) is 33.7 Å². The van der Waals surface area contributed by atoms with Gasteiger partial charge in [-0.05, 0) is 56.2 Å². The van der Waals surface area contributed by atoms with Crippen molar-refractivity contribution < 1.29 is 19.1 Å². The number of nitrogens with one attached hydrogen (secondary N) is 1. The molecule has 2 aromatic carbocycles. The number of carbonyl (C=O) groups excluding carboxylic acids is 2. The van der Waals surface area contributed by atoms with Gasteiger partial charge in [-0.25, -0.2) is 4.79 Å². The molecule has 0 fully saturated rings. The summed E-state index contributed by atoms with van der Waals surface area (Å²) in [5.41, 5.74) is 1.90. The van der Waals surface area contributed by atoms with Crippen LogP contribution in [0.2, 0.25) is 0 Å². The summed E-state index contributed by atoms with van der Waals surface area (Å²) in [6.07, 6.45) is 0.755. The van der Waals surface area contributed by atoms with E-state index < -0.39 is 5.97 Å². The summed E-state index contributed by atoms with van der Waals surface area (Å²) in [4.78, 5) is 29.1. The van der Waals surface area contributed by atoms with Crippen molar-refractivity contribution in [3.8, 4) is 11.5 Å². The van der Waals surface area contributed by atoms with Crippen LogP contribution in [0.5, 0.6) is 11.5 Å². The Kier molecular flexibility index (Phi) is 8.13. The van der Waals surface area contributed by atoms with Gasteiger partial charge in [-0.15, -0.1) is 23.7 Å². The van der Waals surface area contributed by atoms with Crippen molar-refractivity contribution in [2.24, 2.45) is 0 Å². The third kappa shape index (κ3) is 5.55. The maximum Gasteiger partial charge on any atom is 0.341 e. The molecule has 8 heteroatoms. The first-order valence-electron chi connectivity index (χ1n) is 10.6. The van der Waals surface area contributed by atoms with Crippen molar-refractivity contribution in [2.45, 2.75) is 32.9 Å². The first-order chi connectivity index (χ1) is 15.5. The van der Waals surface area contributed by atoms with Crippen LogP contribution in [0.3, 0.4) is 0 Å². The largest absolute Gasteiger partial charge is 0.465 e. The molecule has 1 aromatic heterocycles. The minimum atomic E-state index is -0.419. The summed E-state index contributed by atoms with van der Waals surface area (Å²) >= 11 is 1.45. The van der Waals surface area contributed by atoms with Gasteiger partial charge in [-0.3, -0.25) is 9.69 Å². The molecule has 0 bridgehead atoms. The molecule has 0 aliphatic carbocycles. The number of esters is 1.